The van der Waals surface area contributed by atoms with Crippen LogP contribution in [0.25, 0.3) is 0 Å². The minimum absolute atomic E-state index is 0.0513. The van der Waals surface area contributed by atoms with Crippen LogP contribution in [0, 0.1) is 11.3 Å². The van der Waals surface area contributed by atoms with Crippen molar-refractivity contribution < 1.29 is 18.0 Å². The highest BCUT2D eigenvalue weighted by atomic mass is 32.2. The van der Waals surface area contributed by atoms with Gasteiger partial charge in [0.05, 0.1) is 28.8 Å². The van der Waals surface area contributed by atoms with Gasteiger partial charge in [0.1, 0.15) is 0 Å². The predicted octanol–water partition coefficient (Wildman–Crippen LogP) is 3.75. The highest BCUT2D eigenvalue weighted by Crippen LogP contribution is 2.66. The van der Waals surface area contributed by atoms with Crippen LogP contribution in [-0.2, 0) is 26.8 Å². The molecule has 0 aromatic heterocycles. The van der Waals surface area contributed by atoms with Gasteiger partial charge in [0, 0.05) is 17.2 Å². The van der Waals surface area contributed by atoms with E-state index in [0.717, 1.165) is 28.8 Å². The topological polar surface area (TPSA) is 107 Å². The normalized spacial score (nSPS) is 22.2. The molecular weight excluding hydrogens is 474 g/mol. The number of rotatable bonds is 6. The lowest BCUT2D eigenvalue weighted by Gasteiger charge is -2.19. The molecule has 3 aliphatic rings. The fourth-order valence-corrected chi connectivity index (χ4v) is 6.59. The molecule has 7 nitrogen and oxygen atoms in total. The van der Waals surface area contributed by atoms with Gasteiger partial charge in [0.2, 0.25) is 15.9 Å². The third kappa shape index (κ3) is 3.59. The predicted molar refractivity (Wildman–Crippen MR) is 134 cm³/mol. The van der Waals surface area contributed by atoms with Crippen molar-refractivity contribution in [2.24, 2.45) is 0 Å². The molecule has 3 aromatic rings. The molecule has 2 unspecified atom stereocenters. The van der Waals surface area contributed by atoms with Gasteiger partial charge in [-0.3, -0.25) is 9.59 Å². The smallest absolute Gasteiger partial charge is 0.264 e. The lowest BCUT2D eigenvalue weighted by Crippen LogP contribution is -2.33. The second-order valence-corrected chi connectivity index (χ2v) is 11.7. The summed E-state index contributed by atoms with van der Waals surface area (Å²) in [4.78, 5) is 28.0. The van der Waals surface area contributed by atoms with Gasteiger partial charge >= 0.3 is 0 Å². The van der Waals surface area contributed by atoms with E-state index in [1.54, 1.807) is 41.3 Å². The zero-order valence-electron chi connectivity index (χ0n) is 19.3. The summed E-state index contributed by atoms with van der Waals surface area (Å²) in [6, 6.07) is 24.1. The number of sulfonamides is 1. The molecule has 1 aliphatic heterocycles. The van der Waals surface area contributed by atoms with Crippen LogP contribution in [-0.4, -0.2) is 25.5 Å². The molecule has 0 bridgehead atoms. The quantitative estimate of drug-likeness (QED) is 0.558. The third-order valence-electron chi connectivity index (χ3n) is 7.46. The Morgan fingerprint density at radius 3 is 2.39 bits per heavy atom. The van der Waals surface area contributed by atoms with E-state index in [9.17, 15) is 18.0 Å². The standard InChI is InChI=1S/C28H23N3O4S/c29-16-18-5-9-20(10-6-18)24-15-28(24)23-3-1-2-4-25(23)31(27(28)33)17-19-7-11-21(12-8-19)26(32)30-36(34,35)22-13-14-22/h1-12,22,24H,13-15,17H2,(H,30,32). The zero-order valence-corrected chi connectivity index (χ0v) is 20.2. The van der Waals surface area contributed by atoms with E-state index < -0.39 is 26.6 Å². The minimum Gasteiger partial charge on any atom is -0.307 e. The summed E-state index contributed by atoms with van der Waals surface area (Å²) in [5.74, 6) is -0.531. The number of anilines is 1. The number of hydrogen-bond acceptors (Lipinski definition) is 5. The first kappa shape index (κ1) is 22.5. The second kappa shape index (κ2) is 8.04. The van der Waals surface area contributed by atoms with Crippen molar-refractivity contribution in [2.75, 3.05) is 4.90 Å². The van der Waals surface area contributed by atoms with Gasteiger partial charge in [-0.2, -0.15) is 5.26 Å². The average Bonchev–Trinajstić information content (AvgIpc) is 3.81. The largest absolute Gasteiger partial charge is 0.307 e. The molecule has 36 heavy (non-hydrogen) atoms. The van der Waals surface area contributed by atoms with E-state index >= 15 is 0 Å². The number of hydrogen-bond donors (Lipinski definition) is 1. The summed E-state index contributed by atoms with van der Waals surface area (Å²) in [6.45, 7) is 0.347. The first-order valence-corrected chi connectivity index (χ1v) is 13.4. The molecule has 2 amide bonds. The van der Waals surface area contributed by atoms with Crippen LogP contribution < -0.4 is 9.62 Å². The number of nitrogens with one attached hydrogen (secondary N) is 1. The van der Waals surface area contributed by atoms with E-state index in [1.807, 2.05) is 36.4 Å². The maximum Gasteiger partial charge on any atom is 0.264 e. The van der Waals surface area contributed by atoms with Crippen molar-refractivity contribution in [1.82, 2.24) is 4.72 Å². The number of amides is 2. The molecule has 8 heteroatoms. The Morgan fingerprint density at radius 2 is 1.72 bits per heavy atom. The molecule has 0 radical (unpaired) electrons. The maximum absolute atomic E-state index is 13.8. The summed E-state index contributed by atoms with van der Waals surface area (Å²) in [5.41, 5.74) is 4.05. The highest BCUT2D eigenvalue weighted by Gasteiger charge is 2.67. The van der Waals surface area contributed by atoms with Gasteiger partial charge in [-0.15, -0.1) is 0 Å². The Morgan fingerprint density at radius 1 is 1.03 bits per heavy atom. The molecule has 2 saturated carbocycles. The van der Waals surface area contributed by atoms with Gasteiger partial charge in [-0.05, 0) is 66.3 Å². The molecule has 180 valence electrons. The number of fused-ring (bicyclic) bond motifs is 2. The Labute approximate surface area is 209 Å². The van der Waals surface area contributed by atoms with Crippen molar-refractivity contribution in [3.8, 4) is 6.07 Å². The van der Waals surface area contributed by atoms with Crippen LogP contribution in [0.4, 0.5) is 5.69 Å². The van der Waals surface area contributed by atoms with Crippen LogP contribution in [0.15, 0.2) is 72.8 Å². The van der Waals surface area contributed by atoms with E-state index in [1.165, 1.54) is 0 Å². The number of carbonyl (C=O) groups excluding carboxylic acids is 2. The summed E-state index contributed by atoms with van der Waals surface area (Å²) in [6.07, 6.45) is 1.89. The van der Waals surface area contributed by atoms with Crippen molar-refractivity contribution in [3.63, 3.8) is 0 Å². The average molecular weight is 498 g/mol. The summed E-state index contributed by atoms with van der Waals surface area (Å²) in [5, 5.41) is 8.63. The van der Waals surface area contributed by atoms with Crippen LogP contribution >= 0.6 is 0 Å². The van der Waals surface area contributed by atoms with Gasteiger partial charge in [0.25, 0.3) is 5.91 Å². The first-order valence-electron chi connectivity index (χ1n) is 11.9. The number of benzene rings is 3. The Balaban J connectivity index is 1.22. The Kier molecular flexibility index (Phi) is 5.02. The molecule has 3 aromatic carbocycles. The minimum atomic E-state index is -3.61. The molecule has 6 rings (SSSR count). The van der Waals surface area contributed by atoms with Gasteiger partial charge < -0.3 is 4.90 Å². The van der Waals surface area contributed by atoms with Crippen molar-refractivity contribution in [1.29, 1.82) is 5.26 Å². The molecule has 1 spiro atoms. The molecule has 2 atom stereocenters. The van der Waals surface area contributed by atoms with Crippen molar-refractivity contribution >= 4 is 27.5 Å². The summed E-state index contributed by atoms with van der Waals surface area (Å²) in [7, 11) is -3.61. The van der Waals surface area contributed by atoms with Crippen LogP contribution in [0.1, 0.15) is 57.8 Å². The fourth-order valence-electron chi connectivity index (χ4n) is 5.29. The first-order chi connectivity index (χ1) is 17.3. The fraction of sp³-hybridized carbons (Fsp3) is 0.250. The van der Waals surface area contributed by atoms with E-state index in [0.29, 0.717) is 24.9 Å². The molecule has 2 aliphatic carbocycles. The van der Waals surface area contributed by atoms with Gasteiger partial charge in [-0.25, -0.2) is 13.1 Å². The third-order valence-corrected chi connectivity index (χ3v) is 9.28. The Bertz CT molecular complexity index is 1540. The highest BCUT2D eigenvalue weighted by molar-refractivity contribution is 7.91. The van der Waals surface area contributed by atoms with Crippen LogP contribution in [0.2, 0.25) is 0 Å². The van der Waals surface area contributed by atoms with Crippen molar-refractivity contribution in [3.05, 3.63) is 101 Å². The maximum atomic E-state index is 13.8. The lowest BCUT2D eigenvalue weighted by atomic mass is 9.92. The Hall–Kier alpha value is -3.96. The molecule has 0 saturated heterocycles. The molecular formula is C28H23N3O4S. The number of carbonyl (C=O) groups is 2. The summed E-state index contributed by atoms with van der Waals surface area (Å²) < 4.78 is 26.3. The number of para-hydroxylation sites is 1. The van der Waals surface area contributed by atoms with E-state index in [4.69, 9.17) is 5.26 Å². The van der Waals surface area contributed by atoms with Gasteiger partial charge in [-0.1, -0.05) is 42.5 Å². The molecule has 2 fully saturated rings. The van der Waals surface area contributed by atoms with Crippen molar-refractivity contribution in [2.45, 2.75) is 42.4 Å². The van der Waals surface area contributed by atoms with Crippen LogP contribution in [0.5, 0.6) is 0 Å². The molecule has 1 heterocycles. The lowest BCUT2D eigenvalue weighted by molar-refractivity contribution is -0.120. The second-order valence-electron chi connectivity index (χ2n) is 9.74. The monoisotopic (exact) mass is 497 g/mol. The van der Waals surface area contributed by atoms with Crippen LogP contribution in [0.3, 0.4) is 0 Å². The van der Waals surface area contributed by atoms with E-state index in [2.05, 4.69) is 10.8 Å². The summed E-state index contributed by atoms with van der Waals surface area (Å²) >= 11 is 0. The molecule has 1 N–H and O–H groups in total. The SMILES string of the molecule is N#Cc1ccc(C2CC23C(=O)N(Cc2ccc(C(=O)NS(=O)(=O)C4CC4)cc2)c2ccccc23)cc1. The number of nitriles is 1. The zero-order chi connectivity index (χ0) is 25.1. The number of nitrogens with zero attached hydrogens (tertiary/aromatic N) is 2. The van der Waals surface area contributed by atoms with E-state index in [-0.39, 0.29) is 17.4 Å². The van der Waals surface area contributed by atoms with Gasteiger partial charge in [0.15, 0.2) is 0 Å².